The van der Waals surface area contributed by atoms with E-state index >= 15 is 0 Å². The van der Waals surface area contributed by atoms with Crippen LogP contribution in [0.25, 0.3) is 6.08 Å². The van der Waals surface area contributed by atoms with Crippen LogP contribution in [-0.4, -0.2) is 19.5 Å². The van der Waals surface area contributed by atoms with E-state index in [4.69, 9.17) is 9.47 Å². The number of ether oxygens (including phenoxy) is 2. The van der Waals surface area contributed by atoms with Crippen LogP contribution in [0.1, 0.15) is 12.0 Å². The molecule has 0 spiro atoms. The summed E-state index contributed by atoms with van der Waals surface area (Å²) in [6, 6.07) is 10.2. The zero-order valence-electron chi connectivity index (χ0n) is 9.37. The molecule has 0 fully saturated rings. The molecular formula is C14H16O2. The average molecular weight is 216 g/mol. The summed E-state index contributed by atoms with van der Waals surface area (Å²) >= 11 is 0. The van der Waals surface area contributed by atoms with Gasteiger partial charge in [-0.2, -0.15) is 0 Å². The second-order valence-electron chi connectivity index (χ2n) is 3.71. The van der Waals surface area contributed by atoms with E-state index in [1.54, 1.807) is 7.11 Å². The molecule has 2 heteroatoms. The Kier molecular flexibility index (Phi) is 3.91. The van der Waals surface area contributed by atoms with Crippen LogP contribution in [0, 0.1) is 0 Å². The van der Waals surface area contributed by atoms with E-state index in [-0.39, 0.29) is 12.4 Å². The number of rotatable bonds is 3. The molecule has 84 valence electrons. The zero-order valence-corrected chi connectivity index (χ0v) is 9.37. The van der Waals surface area contributed by atoms with Gasteiger partial charge in [0.2, 0.25) is 0 Å². The minimum absolute atomic E-state index is 0.107. The van der Waals surface area contributed by atoms with Crippen molar-refractivity contribution < 1.29 is 9.47 Å². The molecule has 1 unspecified atom stereocenters. The lowest BCUT2D eigenvalue weighted by Crippen LogP contribution is -2.23. The third-order valence-electron chi connectivity index (χ3n) is 2.51. The Morgan fingerprint density at radius 3 is 2.88 bits per heavy atom. The fourth-order valence-electron chi connectivity index (χ4n) is 1.64. The van der Waals surface area contributed by atoms with Gasteiger partial charge >= 0.3 is 0 Å². The molecule has 16 heavy (non-hydrogen) atoms. The van der Waals surface area contributed by atoms with Gasteiger partial charge in [-0.3, -0.25) is 0 Å². The van der Waals surface area contributed by atoms with Gasteiger partial charge in [-0.15, -0.1) is 0 Å². The number of hydrogen-bond acceptors (Lipinski definition) is 2. The van der Waals surface area contributed by atoms with Crippen LogP contribution >= 0.6 is 0 Å². The van der Waals surface area contributed by atoms with Gasteiger partial charge in [0.15, 0.2) is 6.29 Å². The highest BCUT2D eigenvalue weighted by atomic mass is 16.7. The standard InChI is InChI=1S/C14H16O2/c1-15-14-9-5-8-13(16-14)11-10-12-6-3-2-4-7-12/h2-7,9-11,13-14H,8H2,1H3/b11-10+/t13-,14?/m1/s1. The van der Waals surface area contributed by atoms with E-state index < -0.39 is 0 Å². The van der Waals surface area contributed by atoms with Gasteiger partial charge in [-0.1, -0.05) is 48.6 Å². The molecule has 2 atom stereocenters. The number of benzene rings is 1. The molecule has 1 aromatic carbocycles. The Labute approximate surface area is 96.2 Å². The molecular weight excluding hydrogens is 200 g/mol. The topological polar surface area (TPSA) is 18.5 Å². The SMILES string of the molecule is COC1C=CC[C@H](/C=C/c2ccccc2)O1. The molecule has 0 bridgehead atoms. The summed E-state index contributed by atoms with van der Waals surface area (Å²) in [5, 5.41) is 0. The van der Waals surface area contributed by atoms with Gasteiger partial charge in [0.25, 0.3) is 0 Å². The fraction of sp³-hybridized carbons (Fsp3) is 0.286. The predicted octanol–water partition coefficient (Wildman–Crippen LogP) is 3.02. The molecule has 0 saturated heterocycles. The summed E-state index contributed by atoms with van der Waals surface area (Å²) < 4.78 is 10.8. The van der Waals surface area contributed by atoms with Crippen LogP contribution in [0.5, 0.6) is 0 Å². The largest absolute Gasteiger partial charge is 0.352 e. The first-order valence-electron chi connectivity index (χ1n) is 5.46. The Hall–Kier alpha value is -1.38. The van der Waals surface area contributed by atoms with Crippen LogP contribution in [0.3, 0.4) is 0 Å². The average Bonchev–Trinajstić information content (AvgIpc) is 2.38. The normalized spacial score (nSPS) is 25.1. The van der Waals surface area contributed by atoms with Crippen molar-refractivity contribution in [2.45, 2.75) is 18.8 Å². The highest BCUT2D eigenvalue weighted by Gasteiger charge is 2.14. The van der Waals surface area contributed by atoms with Gasteiger partial charge in [-0.25, -0.2) is 0 Å². The van der Waals surface area contributed by atoms with E-state index in [2.05, 4.69) is 30.4 Å². The van der Waals surface area contributed by atoms with Gasteiger partial charge in [0.05, 0.1) is 6.10 Å². The minimum atomic E-state index is -0.209. The van der Waals surface area contributed by atoms with Crippen molar-refractivity contribution in [3.63, 3.8) is 0 Å². The Morgan fingerprint density at radius 2 is 2.12 bits per heavy atom. The second-order valence-corrected chi connectivity index (χ2v) is 3.71. The Balaban J connectivity index is 1.95. The molecule has 0 radical (unpaired) electrons. The zero-order chi connectivity index (χ0) is 11.2. The first-order chi connectivity index (χ1) is 7.88. The van der Waals surface area contributed by atoms with Crippen molar-refractivity contribution in [2.24, 2.45) is 0 Å². The van der Waals surface area contributed by atoms with Gasteiger partial charge < -0.3 is 9.47 Å². The van der Waals surface area contributed by atoms with E-state index in [9.17, 15) is 0 Å². The molecule has 0 aliphatic carbocycles. The first-order valence-corrected chi connectivity index (χ1v) is 5.46. The molecule has 1 aliphatic heterocycles. The maximum Gasteiger partial charge on any atom is 0.177 e. The van der Waals surface area contributed by atoms with Crippen molar-refractivity contribution in [1.82, 2.24) is 0 Å². The summed E-state index contributed by atoms with van der Waals surface area (Å²) in [4.78, 5) is 0. The van der Waals surface area contributed by atoms with Gasteiger partial charge in [0, 0.05) is 7.11 Å². The third-order valence-corrected chi connectivity index (χ3v) is 2.51. The molecule has 1 heterocycles. The minimum Gasteiger partial charge on any atom is -0.352 e. The summed E-state index contributed by atoms with van der Waals surface area (Å²) in [6.07, 6.45) is 8.99. The predicted molar refractivity (Wildman–Crippen MR) is 64.9 cm³/mol. The maximum atomic E-state index is 5.66. The maximum absolute atomic E-state index is 5.66. The quantitative estimate of drug-likeness (QED) is 0.723. The molecule has 1 aliphatic rings. The molecule has 0 saturated carbocycles. The monoisotopic (exact) mass is 216 g/mol. The van der Waals surface area contributed by atoms with E-state index in [0.717, 1.165) is 6.42 Å². The third kappa shape index (κ3) is 3.05. The summed E-state index contributed by atoms with van der Waals surface area (Å²) in [5.74, 6) is 0. The Bertz CT molecular complexity index is 368. The summed E-state index contributed by atoms with van der Waals surface area (Å²) in [7, 11) is 1.65. The molecule has 2 nitrogen and oxygen atoms in total. The molecule has 0 aromatic heterocycles. The van der Waals surface area contributed by atoms with E-state index in [1.165, 1.54) is 5.56 Å². The lowest BCUT2D eigenvalue weighted by atomic mass is 10.1. The van der Waals surface area contributed by atoms with Crippen LogP contribution in [0.15, 0.2) is 48.6 Å². The van der Waals surface area contributed by atoms with Crippen LogP contribution in [-0.2, 0) is 9.47 Å². The van der Waals surface area contributed by atoms with Crippen molar-refractivity contribution in [3.05, 3.63) is 54.1 Å². The summed E-state index contributed by atoms with van der Waals surface area (Å²) in [6.45, 7) is 0. The van der Waals surface area contributed by atoms with Crippen molar-refractivity contribution >= 4 is 6.08 Å². The molecule has 2 rings (SSSR count). The Morgan fingerprint density at radius 1 is 1.31 bits per heavy atom. The van der Waals surface area contributed by atoms with Crippen molar-refractivity contribution in [1.29, 1.82) is 0 Å². The number of methoxy groups -OCH3 is 1. The van der Waals surface area contributed by atoms with Crippen LogP contribution < -0.4 is 0 Å². The van der Waals surface area contributed by atoms with Gasteiger partial charge in [0.1, 0.15) is 0 Å². The highest BCUT2D eigenvalue weighted by Crippen LogP contribution is 2.15. The smallest absolute Gasteiger partial charge is 0.177 e. The molecule has 1 aromatic rings. The van der Waals surface area contributed by atoms with Gasteiger partial charge in [-0.05, 0) is 18.1 Å². The lowest BCUT2D eigenvalue weighted by Gasteiger charge is -2.22. The number of hydrogen-bond donors (Lipinski definition) is 0. The molecule has 0 amide bonds. The van der Waals surface area contributed by atoms with E-state index in [0.29, 0.717) is 0 Å². The second kappa shape index (κ2) is 5.64. The highest BCUT2D eigenvalue weighted by molar-refractivity contribution is 5.49. The van der Waals surface area contributed by atoms with Crippen LogP contribution in [0.4, 0.5) is 0 Å². The molecule has 0 N–H and O–H groups in total. The first kappa shape index (κ1) is 11.1. The fourth-order valence-corrected chi connectivity index (χ4v) is 1.64. The van der Waals surface area contributed by atoms with Crippen molar-refractivity contribution in [3.8, 4) is 0 Å². The summed E-state index contributed by atoms with van der Waals surface area (Å²) in [5.41, 5.74) is 1.19. The van der Waals surface area contributed by atoms with Crippen LogP contribution in [0.2, 0.25) is 0 Å². The lowest BCUT2D eigenvalue weighted by molar-refractivity contribution is -0.117. The van der Waals surface area contributed by atoms with Crippen molar-refractivity contribution in [2.75, 3.05) is 7.11 Å². The van der Waals surface area contributed by atoms with E-state index in [1.807, 2.05) is 24.3 Å².